The first kappa shape index (κ1) is 35.6. The van der Waals surface area contributed by atoms with E-state index in [0.717, 1.165) is 84.4 Å². The third kappa shape index (κ3) is 4.91. The molecule has 6 heteroatoms. The first-order valence-electron chi connectivity index (χ1n) is 22.5. The van der Waals surface area contributed by atoms with Gasteiger partial charge in [0.2, 0.25) is 0 Å². The summed E-state index contributed by atoms with van der Waals surface area (Å²) in [6.45, 7) is 2.13. The normalized spacial score (nSPS) is 12.9. The summed E-state index contributed by atoms with van der Waals surface area (Å²) in [4.78, 5) is 4.83. The highest BCUT2D eigenvalue weighted by molar-refractivity contribution is 6.90. The molecular formula is C58H40BN3O2. The molecule has 0 aliphatic carbocycles. The first-order valence-corrected chi connectivity index (χ1v) is 22.5. The van der Waals surface area contributed by atoms with Gasteiger partial charge in [0.15, 0.2) is 5.58 Å². The minimum Gasteiger partial charge on any atom is -0.456 e. The fourth-order valence-electron chi connectivity index (χ4n) is 11.2. The lowest BCUT2D eigenvalue weighted by Gasteiger charge is -2.41. The van der Waals surface area contributed by atoms with E-state index in [1.165, 1.54) is 62.3 Å². The maximum absolute atomic E-state index is 6.94. The standard InChI is InChI=1S/C58H40BN3O2/c1-2-3-16-36-29-32-47-45(33-36)41-23-14-25-44-55-54-43-22-11-13-28-52(43)63-53(54)35-50-56(55)59(62(47)57(41)44)46-31-30-39(60(37-17-6-4-7-18-37)38-19-8-5-9-20-38)34-49(46)61(50)48-26-15-24-42-40-21-10-12-27-51(40)64-58(42)48/h4-15,17-35H,2-3,16H2,1H3. The summed E-state index contributed by atoms with van der Waals surface area (Å²) in [5.41, 5.74) is 18.7. The average molecular weight is 822 g/mol. The molecule has 64 heavy (non-hydrogen) atoms. The van der Waals surface area contributed by atoms with Gasteiger partial charge in [-0.25, -0.2) is 0 Å². The Labute approximate surface area is 370 Å². The second-order valence-corrected chi connectivity index (χ2v) is 17.4. The number of aryl methyl sites for hydroxylation is 1. The molecule has 0 atom stereocenters. The van der Waals surface area contributed by atoms with Gasteiger partial charge in [0.05, 0.1) is 5.69 Å². The molecule has 0 N–H and O–H groups in total. The van der Waals surface area contributed by atoms with E-state index in [0.29, 0.717) is 0 Å². The molecule has 0 spiro atoms. The van der Waals surface area contributed by atoms with Gasteiger partial charge >= 0.3 is 6.85 Å². The van der Waals surface area contributed by atoms with Crippen molar-refractivity contribution in [2.24, 2.45) is 0 Å². The van der Waals surface area contributed by atoms with Crippen LogP contribution < -0.4 is 20.7 Å². The van der Waals surface area contributed by atoms with Gasteiger partial charge in [0.25, 0.3) is 0 Å². The van der Waals surface area contributed by atoms with E-state index in [-0.39, 0.29) is 6.85 Å². The molecule has 9 aromatic carbocycles. The molecule has 5 heterocycles. The number of para-hydroxylation sites is 6. The summed E-state index contributed by atoms with van der Waals surface area (Å²) in [5, 5.41) is 7.07. The van der Waals surface area contributed by atoms with Crippen molar-refractivity contribution in [2.45, 2.75) is 26.2 Å². The average Bonchev–Trinajstić information content (AvgIpc) is 4.03. The molecule has 302 valence electrons. The van der Waals surface area contributed by atoms with E-state index in [1.807, 2.05) is 0 Å². The Hall–Kier alpha value is -7.96. The maximum atomic E-state index is 6.94. The molecule has 12 aromatic rings. The minimum absolute atomic E-state index is 0.142. The minimum atomic E-state index is -0.142. The molecule has 0 unspecified atom stereocenters. The van der Waals surface area contributed by atoms with Crippen LogP contribution in [0.4, 0.5) is 34.1 Å². The van der Waals surface area contributed by atoms with Crippen molar-refractivity contribution in [2.75, 3.05) is 9.80 Å². The topological polar surface area (TPSA) is 37.7 Å². The molecular weight excluding hydrogens is 781 g/mol. The molecule has 2 aliphatic heterocycles. The maximum Gasteiger partial charge on any atom is 0.333 e. The molecule has 0 amide bonds. The molecule has 0 saturated carbocycles. The molecule has 0 bridgehead atoms. The van der Waals surface area contributed by atoms with Gasteiger partial charge in [-0.15, -0.1) is 0 Å². The number of hydrogen-bond acceptors (Lipinski definition) is 4. The van der Waals surface area contributed by atoms with Crippen LogP contribution in [0.1, 0.15) is 25.3 Å². The number of aromatic nitrogens is 1. The Morgan fingerprint density at radius 2 is 1.22 bits per heavy atom. The van der Waals surface area contributed by atoms with Crippen LogP contribution in [-0.4, -0.2) is 11.3 Å². The largest absolute Gasteiger partial charge is 0.456 e. The predicted molar refractivity (Wildman–Crippen MR) is 268 cm³/mol. The van der Waals surface area contributed by atoms with E-state index < -0.39 is 0 Å². The van der Waals surface area contributed by atoms with Gasteiger partial charge < -0.3 is 23.1 Å². The van der Waals surface area contributed by atoms with Crippen LogP contribution in [0.3, 0.4) is 0 Å². The summed E-state index contributed by atoms with van der Waals surface area (Å²) in [6.07, 6.45) is 3.41. The number of fused-ring (bicyclic) bond motifs is 14. The Bertz CT molecular complexity index is 3820. The van der Waals surface area contributed by atoms with Gasteiger partial charge in [-0.1, -0.05) is 129 Å². The summed E-state index contributed by atoms with van der Waals surface area (Å²) < 4.78 is 16.5. The zero-order valence-electron chi connectivity index (χ0n) is 35.3. The summed E-state index contributed by atoms with van der Waals surface area (Å²) in [5.74, 6) is 0. The number of nitrogens with zero attached hydrogens (tertiary/aromatic N) is 3. The van der Waals surface area contributed by atoms with Crippen molar-refractivity contribution in [1.29, 1.82) is 0 Å². The number of furan rings is 2. The molecule has 3 aromatic heterocycles. The van der Waals surface area contributed by atoms with E-state index in [1.54, 1.807) is 0 Å². The summed E-state index contributed by atoms with van der Waals surface area (Å²) >= 11 is 0. The van der Waals surface area contributed by atoms with Gasteiger partial charge in [-0.2, -0.15) is 0 Å². The third-order valence-electron chi connectivity index (χ3n) is 13.9. The molecule has 0 radical (unpaired) electrons. The fraction of sp³-hybridized carbons (Fsp3) is 0.0690. The van der Waals surface area contributed by atoms with Crippen LogP contribution in [-0.2, 0) is 6.42 Å². The van der Waals surface area contributed by atoms with Crippen LogP contribution in [0, 0.1) is 0 Å². The zero-order valence-corrected chi connectivity index (χ0v) is 35.3. The zero-order chi connectivity index (χ0) is 42.0. The number of anilines is 6. The van der Waals surface area contributed by atoms with Crippen molar-refractivity contribution >= 4 is 118 Å². The monoisotopic (exact) mass is 821 g/mol. The highest BCUT2D eigenvalue weighted by atomic mass is 16.3. The number of hydrogen-bond donors (Lipinski definition) is 0. The van der Waals surface area contributed by atoms with E-state index in [4.69, 9.17) is 8.83 Å². The van der Waals surface area contributed by atoms with Crippen molar-refractivity contribution in [3.8, 4) is 11.1 Å². The SMILES string of the molecule is CCCCc1ccc2c(c1)c1cccc3c1n2B1c2ccc(N(c4ccccc4)c4ccccc4)cc2N(c2cccc4c2oc2ccccc24)c2cc4oc5ccccc5c4c-3c21. The first-order chi connectivity index (χ1) is 31.7. The van der Waals surface area contributed by atoms with Gasteiger partial charge in [0, 0.05) is 83.4 Å². The van der Waals surface area contributed by atoms with Gasteiger partial charge in [-0.05, 0) is 102 Å². The molecule has 2 aliphatic rings. The van der Waals surface area contributed by atoms with E-state index in [2.05, 4.69) is 209 Å². The Balaban J connectivity index is 1.15. The molecule has 0 fully saturated rings. The van der Waals surface area contributed by atoms with Crippen molar-refractivity contribution in [3.63, 3.8) is 0 Å². The predicted octanol–water partition coefficient (Wildman–Crippen LogP) is 14.8. The number of benzene rings is 9. The lowest BCUT2D eigenvalue weighted by atomic mass is 9.45. The Morgan fingerprint density at radius 3 is 2.02 bits per heavy atom. The lowest BCUT2D eigenvalue weighted by molar-refractivity contribution is 0.667. The highest BCUT2D eigenvalue weighted by Gasteiger charge is 2.45. The molecule has 5 nitrogen and oxygen atoms in total. The van der Waals surface area contributed by atoms with Crippen LogP contribution in [0.2, 0.25) is 0 Å². The lowest BCUT2D eigenvalue weighted by Crippen LogP contribution is -2.56. The van der Waals surface area contributed by atoms with Crippen molar-refractivity contribution in [1.82, 2.24) is 4.48 Å². The van der Waals surface area contributed by atoms with Crippen LogP contribution in [0.5, 0.6) is 0 Å². The Morgan fingerprint density at radius 1 is 0.516 bits per heavy atom. The van der Waals surface area contributed by atoms with Gasteiger partial charge in [-0.3, -0.25) is 0 Å². The second kappa shape index (κ2) is 13.5. The van der Waals surface area contributed by atoms with E-state index >= 15 is 0 Å². The Kier molecular flexibility index (Phi) is 7.53. The third-order valence-corrected chi connectivity index (χ3v) is 13.9. The van der Waals surface area contributed by atoms with Gasteiger partial charge in [0.1, 0.15) is 16.7 Å². The van der Waals surface area contributed by atoms with Crippen molar-refractivity contribution in [3.05, 3.63) is 194 Å². The van der Waals surface area contributed by atoms with Crippen molar-refractivity contribution < 1.29 is 8.83 Å². The van der Waals surface area contributed by atoms with E-state index in [9.17, 15) is 0 Å². The van der Waals surface area contributed by atoms with Crippen LogP contribution in [0.25, 0.3) is 76.8 Å². The number of rotatable bonds is 7. The molecule has 14 rings (SSSR count). The molecule has 0 saturated heterocycles. The fourth-order valence-corrected chi connectivity index (χ4v) is 11.2. The highest BCUT2D eigenvalue weighted by Crippen LogP contribution is 2.52. The quantitative estimate of drug-likeness (QED) is 0.150. The van der Waals surface area contributed by atoms with Crippen LogP contribution >= 0.6 is 0 Å². The number of unbranched alkanes of at least 4 members (excludes halogenated alkanes) is 1. The second-order valence-electron chi connectivity index (χ2n) is 17.4. The van der Waals surface area contributed by atoms with Crippen LogP contribution in [0.15, 0.2) is 197 Å². The summed E-state index contributed by atoms with van der Waals surface area (Å²) in [6, 6.07) is 68.5. The smallest absolute Gasteiger partial charge is 0.333 e. The summed E-state index contributed by atoms with van der Waals surface area (Å²) in [7, 11) is 0.